The zero-order valence-corrected chi connectivity index (χ0v) is 9.31. The SMILES string of the molecule is Clc1ncnc(Nc2ccc3c(c2)OCO3)n1. The lowest BCUT2D eigenvalue weighted by atomic mass is 10.3. The van der Waals surface area contributed by atoms with E-state index in [1.807, 2.05) is 12.1 Å². The third-order valence-corrected chi connectivity index (χ3v) is 2.35. The van der Waals surface area contributed by atoms with Crippen molar-refractivity contribution in [3.05, 3.63) is 29.8 Å². The van der Waals surface area contributed by atoms with Gasteiger partial charge >= 0.3 is 0 Å². The number of hydrogen-bond donors (Lipinski definition) is 1. The first-order valence-corrected chi connectivity index (χ1v) is 5.20. The topological polar surface area (TPSA) is 69.2 Å². The predicted octanol–water partition coefficient (Wildman–Crippen LogP) is 2.00. The van der Waals surface area contributed by atoms with Gasteiger partial charge in [0.1, 0.15) is 6.33 Å². The number of benzene rings is 1. The maximum atomic E-state index is 5.66. The smallest absolute Gasteiger partial charge is 0.231 e. The lowest BCUT2D eigenvalue weighted by Gasteiger charge is -2.04. The number of fused-ring (bicyclic) bond motifs is 1. The summed E-state index contributed by atoms with van der Waals surface area (Å²) in [5, 5.41) is 3.13. The van der Waals surface area contributed by atoms with Gasteiger partial charge in [-0.2, -0.15) is 4.98 Å². The van der Waals surface area contributed by atoms with Crippen LogP contribution in [0.15, 0.2) is 24.5 Å². The van der Waals surface area contributed by atoms with Crippen molar-refractivity contribution in [2.24, 2.45) is 0 Å². The highest BCUT2D eigenvalue weighted by Crippen LogP contribution is 2.34. The summed E-state index contributed by atoms with van der Waals surface area (Å²) in [4.78, 5) is 11.6. The van der Waals surface area contributed by atoms with Gasteiger partial charge in [-0.3, -0.25) is 0 Å². The molecule has 17 heavy (non-hydrogen) atoms. The minimum absolute atomic E-state index is 0.142. The number of nitrogens with one attached hydrogen (secondary N) is 1. The molecule has 2 heterocycles. The molecule has 0 radical (unpaired) electrons. The van der Waals surface area contributed by atoms with Crippen molar-refractivity contribution in [3.8, 4) is 11.5 Å². The van der Waals surface area contributed by atoms with Crippen molar-refractivity contribution in [1.82, 2.24) is 15.0 Å². The maximum Gasteiger partial charge on any atom is 0.231 e. The van der Waals surface area contributed by atoms with E-state index in [4.69, 9.17) is 21.1 Å². The average molecular weight is 251 g/mol. The second kappa shape index (κ2) is 4.06. The van der Waals surface area contributed by atoms with Crippen molar-refractivity contribution >= 4 is 23.2 Å². The molecule has 0 saturated carbocycles. The van der Waals surface area contributed by atoms with Crippen LogP contribution in [0.4, 0.5) is 11.6 Å². The molecule has 2 aromatic rings. The molecule has 0 amide bonds. The summed E-state index contributed by atoms with van der Waals surface area (Å²) in [6.45, 7) is 0.246. The molecule has 1 aromatic carbocycles. The normalized spacial score (nSPS) is 12.5. The second-order valence-electron chi connectivity index (χ2n) is 3.27. The van der Waals surface area contributed by atoms with E-state index in [1.165, 1.54) is 6.33 Å². The Morgan fingerprint density at radius 2 is 2.06 bits per heavy atom. The molecule has 1 aromatic heterocycles. The molecule has 1 aliphatic rings. The first kappa shape index (κ1) is 10.1. The molecule has 1 aliphatic heterocycles. The Bertz CT molecular complexity index is 564. The molecule has 0 fully saturated rings. The van der Waals surface area contributed by atoms with Crippen LogP contribution < -0.4 is 14.8 Å². The van der Waals surface area contributed by atoms with E-state index < -0.39 is 0 Å². The van der Waals surface area contributed by atoms with Crippen molar-refractivity contribution in [1.29, 1.82) is 0 Å². The summed E-state index contributed by atoms with van der Waals surface area (Å²) in [6, 6.07) is 5.46. The summed E-state index contributed by atoms with van der Waals surface area (Å²) in [7, 11) is 0. The summed E-state index contributed by atoms with van der Waals surface area (Å²) < 4.78 is 10.5. The fourth-order valence-corrected chi connectivity index (χ4v) is 1.56. The molecule has 86 valence electrons. The molecule has 0 unspecified atom stereocenters. The van der Waals surface area contributed by atoms with Crippen LogP contribution in [0.25, 0.3) is 0 Å². The van der Waals surface area contributed by atoms with Crippen molar-refractivity contribution < 1.29 is 9.47 Å². The van der Waals surface area contributed by atoms with E-state index in [-0.39, 0.29) is 12.1 Å². The first-order valence-electron chi connectivity index (χ1n) is 4.82. The highest BCUT2D eigenvalue weighted by Gasteiger charge is 2.13. The van der Waals surface area contributed by atoms with E-state index in [2.05, 4.69) is 20.3 Å². The zero-order chi connectivity index (χ0) is 11.7. The molecular formula is C10H7ClN4O2. The van der Waals surface area contributed by atoms with Gasteiger partial charge in [0.2, 0.25) is 18.0 Å². The Morgan fingerprint density at radius 3 is 2.94 bits per heavy atom. The van der Waals surface area contributed by atoms with Gasteiger partial charge in [-0.1, -0.05) is 0 Å². The molecule has 7 heteroatoms. The van der Waals surface area contributed by atoms with Crippen LogP contribution in [0, 0.1) is 0 Å². The predicted molar refractivity (Wildman–Crippen MR) is 60.7 cm³/mol. The Hall–Kier alpha value is -2.08. The van der Waals surface area contributed by atoms with E-state index in [0.29, 0.717) is 11.7 Å². The van der Waals surface area contributed by atoms with Gasteiger partial charge in [0, 0.05) is 11.8 Å². The molecule has 3 rings (SSSR count). The van der Waals surface area contributed by atoms with Crippen LogP contribution in [-0.4, -0.2) is 21.7 Å². The molecule has 0 bridgehead atoms. The van der Waals surface area contributed by atoms with Crippen LogP contribution in [0.2, 0.25) is 5.28 Å². The van der Waals surface area contributed by atoms with Gasteiger partial charge < -0.3 is 14.8 Å². The number of rotatable bonds is 2. The van der Waals surface area contributed by atoms with Crippen molar-refractivity contribution in [2.45, 2.75) is 0 Å². The molecule has 0 spiro atoms. The number of aromatic nitrogens is 3. The van der Waals surface area contributed by atoms with Crippen LogP contribution in [0.5, 0.6) is 11.5 Å². The third kappa shape index (κ3) is 2.07. The Kier molecular flexibility index (Phi) is 2.41. The fourth-order valence-electron chi connectivity index (χ4n) is 1.44. The van der Waals surface area contributed by atoms with E-state index in [9.17, 15) is 0 Å². The van der Waals surface area contributed by atoms with Crippen molar-refractivity contribution in [3.63, 3.8) is 0 Å². The molecule has 0 saturated heterocycles. The minimum atomic E-state index is 0.142. The van der Waals surface area contributed by atoms with E-state index >= 15 is 0 Å². The third-order valence-electron chi connectivity index (χ3n) is 2.17. The number of hydrogen-bond acceptors (Lipinski definition) is 6. The van der Waals surface area contributed by atoms with Crippen LogP contribution >= 0.6 is 11.6 Å². The van der Waals surface area contributed by atoms with Gasteiger partial charge in [0.05, 0.1) is 0 Å². The monoisotopic (exact) mass is 250 g/mol. The van der Waals surface area contributed by atoms with Crippen molar-refractivity contribution in [2.75, 3.05) is 12.1 Å². The fraction of sp³-hybridized carbons (Fsp3) is 0.100. The average Bonchev–Trinajstić information content (AvgIpc) is 2.76. The lowest BCUT2D eigenvalue weighted by molar-refractivity contribution is 0.174. The number of halogens is 1. The summed E-state index contributed by atoms with van der Waals surface area (Å²) >= 11 is 5.66. The van der Waals surface area contributed by atoms with Crippen LogP contribution in [0.1, 0.15) is 0 Å². The molecular weight excluding hydrogens is 244 g/mol. The van der Waals surface area contributed by atoms with Gasteiger partial charge in [0.25, 0.3) is 0 Å². The Balaban J connectivity index is 1.86. The largest absolute Gasteiger partial charge is 0.454 e. The number of ether oxygens (including phenoxy) is 2. The number of nitrogens with zero attached hydrogens (tertiary/aromatic N) is 3. The number of anilines is 2. The van der Waals surface area contributed by atoms with Gasteiger partial charge in [0.15, 0.2) is 11.5 Å². The second-order valence-corrected chi connectivity index (χ2v) is 3.61. The molecule has 6 nitrogen and oxygen atoms in total. The Morgan fingerprint density at radius 1 is 1.18 bits per heavy atom. The Labute approximate surface area is 102 Å². The molecule has 0 atom stereocenters. The van der Waals surface area contributed by atoms with Gasteiger partial charge in [-0.25, -0.2) is 9.97 Å². The van der Waals surface area contributed by atoms with E-state index in [1.54, 1.807) is 6.07 Å². The van der Waals surface area contributed by atoms with Gasteiger partial charge in [-0.15, -0.1) is 0 Å². The lowest BCUT2D eigenvalue weighted by Crippen LogP contribution is -1.97. The van der Waals surface area contributed by atoms with Crippen LogP contribution in [-0.2, 0) is 0 Å². The van der Waals surface area contributed by atoms with Crippen LogP contribution in [0.3, 0.4) is 0 Å². The highest BCUT2D eigenvalue weighted by molar-refractivity contribution is 6.28. The molecule has 1 N–H and O–H groups in total. The molecule has 0 aliphatic carbocycles. The van der Waals surface area contributed by atoms with Gasteiger partial charge in [-0.05, 0) is 23.7 Å². The summed E-state index contributed by atoms with van der Waals surface area (Å²) in [5.41, 5.74) is 0.788. The standard InChI is InChI=1S/C10H7ClN4O2/c11-9-12-4-13-10(15-9)14-6-1-2-7-8(3-6)17-5-16-7/h1-4H,5H2,(H,12,13,14,15). The maximum absolute atomic E-state index is 5.66. The quantitative estimate of drug-likeness (QED) is 0.879. The first-order chi connectivity index (χ1) is 8.31. The zero-order valence-electron chi connectivity index (χ0n) is 8.55. The highest BCUT2D eigenvalue weighted by atomic mass is 35.5. The minimum Gasteiger partial charge on any atom is -0.454 e. The summed E-state index contributed by atoms with van der Waals surface area (Å²) in [6.07, 6.45) is 1.34. The van der Waals surface area contributed by atoms with E-state index in [0.717, 1.165) is 11.4 Å². The summed E-state index contributed by atoms with van der Waals surface area (Å²) in [5.74, 6) is 1.79.